The van der Waals surface area contributed by atoms with Gasteiger partial charge in [0.25, 0.3) is 0 Å². The van der Waals surface area contributed by atoms with Crippen molar-refractivity contribution in [3.05, 3.63) is 126 Å². The predicted molar refractivity (Wildman–Crippen MR) is 171 cm³/mol. The van der Waals surface area contributed by atoms with Crippen molar-refractivity contribution in [1.29, 1.82) is 0 Å². The molecule has 7 heteroatoms. The standard InChI is InChI=1S/C37H37NO6/c1-26(41-24-22-39)28-6-10-30(11-7-28)32-14-18-34(19-15-32)43-36-4-3-5-37(38-36)44-35-20-16-33(17-21-35)31-12-8-29(9-13-31)27(2)42-25-23-40/h3-21,26-27,39-40H,22-25H2,1-2H3. The van der Waals surface area contributed by atoms with Gasteiger partial charge in [-0.1, -0.05) is 78.9 Å². The van der Waals surface area contributed by atoms with Gasteiger partial charge in [0.2, 0.25) is 11.8 Å². The van der Waals surface area contributed by atoms with Crippen LogP contribution >= 0.6 is 0 Å². The number of pyridine rings is 1. The fraction of sp³-hybridized carbons (Fsp3) is 0.216. The van der Waals surface area contributed by atoms with Crippen molar-refractivity contribution in [3.63, 3.8) is 0 Å². The number of hydrogen-bond acceptors (Lipinski definition) is 7. The summed E-state index contributed by atoms with van der Waals surface area (Å²) in [7, 11) is 0. The minimum Gasteiger partial charge on any atom is -0.439 e. The fourth-order valence-corrected chi connectivity index (χ4v) is 4.73. The molecule has 2 unspecified atom stereocenters. The van der Waals surface area contributed by atoms with Gasteiger partial charge < -0.3 is 29.2 Å². The lowest BCUT2D eigenvalue weighted by molar-refractivity contribution is 0.0385. The summed E-state index contributed by atoms with van der Waals surface area (Å²) >= 11 is 0. The minimum atomic E-state index is -0.0733. The highest BCUT2D eigenvalue weighted by Crippen LogP contribution is 2.30. The van der Waals surface area contributed by atoms with Crippen molar-refractivity contribution in [2.45, 2.75) is 26.1 Å². The molecular weight excluding hydrogens is 554 g/mol. The smallest absolute Gasteiger partial charge is 0.222 e. The van der Waals surface area contributed by atoms with Gasteiger partial charge in [-0.15, -0.1) is 0 Å². The van der Waals surface area contributed by atoms with E-state index in [0.717, 1.165) is 33.4 Å². The zero-order valence-corrected chi connectivity index (χ0v) is 24.9. The molecule has 0 spiro atoms. The van der Waals surface area contributed by atoms with E-state index in [2.05, 4.69) is 29.2 Å². The van der Waals surface area contributed by atoms with E-state index in [1.165, 1.54) is 0 Å². The lowest BCUT2D eigenvalue weighted by atomic mass is 10.0. The van der Waals surface area contributed by atoms with Crippen LogP contribution in [0.4, 0.5) is 0 Å². The Morgan fingerprint density at radius 3 is 1.18 bits per heavy atom. The summed E-state index contributed by atoms with van der Waals surface area (Å²) in [5.74, 6) is 2.22. The molecule has 5 aromatic rings. The summed E-state index contributed by atoms with van der Waals surface area (Å²) in [4.78, 5) is 4.52. The van der Waals surface area contributed by atoms with Gasteiger partial charge in [-0.3, -0.25) is 0 Å². The molecule has 2 N–H and O–H groups in total. The van der Waals surface area contributed by atoms with Crippen molar-refractivity contribution in [3.8, 4) is 45.5 Å². The summed E-state index contributed by atoms with van der Waals surface area (Å²) < 4.78 is 23.2. The number of benzene rings is 4. The summed E-state index contributed by atoms with van der Waals surface area (Å²) in [6.07, 6.45) is -0.147. The van der Waals surface area contributed by atoms with Crippen LogP contribution in [0.5, 0.6) is 23.3 Å². The van der Waals surface area contributed by atoms with Crippen molar-refractivity contribution < 1.29 is 29.2 Å². The first-order valence-corrected chi connectivity index (χ1v) is 14.7. The Hall–Kier alpha value is -4.53. The Morgan fingerprint density at radius 2 is 0.841 bits per heavy atom. The van der Waals surface area contributed by atoms with Crippen LogP contribution in [-0.2, 0) is 9.47 Å². The maximum Gasteiger partial charge on any atom is 0.222 e. The van der Waals surface area contributed by atoms with E-state index in [4.69, 9.17) is 29.2 Å². The van der Waals surface area contributed by atoms with E-state index in [1.807, 2.05) is 92.7 Å². The average molecular weight is 592 g/mol. The molecule has 2 atom stereocenters. The molecule has 0 aliphatic heterocycles. The Kier molecular flexibility index (Phi) is 10.7. The molecule has 4 aromatic carbocycles. The van der Waals surface area contributed by atoms with E-state index in [9.17, 15) is 0 Å². The van der Waals surface area contributed by atoms with E-state index >= 15 is 0 Å². The first-order chi connectivity index (χ1) is 21.5. The summed E-state index contributed by atoms with van der Waals surface area (Å²) in [6, 6.07) is 37.6. The van der Waals surface area contributed by atoms with Crippen LogP contribution in [0.2, 0.25) is 0 Å². The normalized spacial score (nSPS) is 12.5. The third-order valence-corrected chi connectivity index (χ3v) is 7.20. The third kappa shape index (κ3) is 8.30. The van der Waals surface area contributed by atoms with Crippen LogP contribution in [0.3, 0.4) is 0 Å². The van der Waals surface area contributed by atoms with Crippen LogP contribution in [-0.4, -0.2) is 41.6 Å². The zero-order valence-electron chi connectivity index (χ0n) is 24.9. The number of aromatic nitrogens is 1. The highest BCUT2D eigenvalue weighted by atomic mass is 16.5. The van der Waals surface area contributed by atoms with Crippen molar-refractivity contribution in [2.24, 2.45) is 0 Å². The van der Waals surface area contributed by atoms with Gasteiger partial charge >= 0.3 is 0 Å². The van der Waals surface area contributed by atoms with E-state index in [1.54, 1.807) is 12.1 Å². The molecule has 0 saturated carbocycles. The molecule has 0 amide bonds. The lowest BCUT2D eigenvalue weighted by Crippen LogP contribution is -2.04. The zero-order chi connectivity index (χ0) is 30.7. The molecule has 0 bridgehead atoms. The Balaban J connectivity index is 1.17. The second-order valence-corrected chi connectivity index (χ2v) is 10.3. The molecule has 0 aliphatic rings. The largest absolute Gasteiger partial charge is 0.439 e. The van der Waals surface area contributed by atoms with Crippen molar-refractivity contribution >= 4 is 0 Å². The summed E-state index contributed by atoms with van der Waals surface area (Å²) in [5.41, 5.74) is 6.44. The van der Waals surface area contributed by atoms with E-state index < -0.39 is 0 Å². The van der Waals surface area contributed by atoms with Crippen molar-refractivity contribution in [2.75, 3.05) is 26.4 Å². The van der Waals surface area contributed by atoms with Crippen LogP contribution < -0.4 is 9.47 Å². The Bertz CT molecular complexity index is 1470. The molecule has 226 valence electrons. The number of rotatable bonds is 14. The van der Waals surface area contributed by atoms with Gasteiger partial charge in [0.15, 0.2) is 0 Å². The van der Waals surface area contributed by atoms with Crippen molar-refractivity contribution in [1.82, 2.24) is 4.98 Å². The third-order valence-electron chi connectivity index (χ3n) is 7.20. The molecule has 0 aliphatic carbocycles. The molecule has 0 fully saturated rings. The van der Waals surface area contributed by atoms with E-state index in [-0.39, 0.29) is 25.4 Å². The second kappa shape index (κ2) is 15.3. The first kappa shape index (κ1) is 30.9. The number of aliphatic hydroxyl groups excluding tert-OH is 2. The number of hydrogen-bond donors (Lipinski definition) is 2. The maximum atomic E-state index is 8.97. The van der Waals surface area contributed by atoms with Gasteiger partial charge in [-0.05, 0) is 71.5 Å². The highest BCUT2D eigenvalue weighted by molar-refractivity contribution is 5.65. The number of aliphatic hydroxyl groups is 2. The van der Waals surface area contributed by atoms with Gasteiger partial charge in [0, 0.05) is 12.1 Å². The van der Waals surface area contributed by atoms with Crippen LogP contribution in [0.1, 0.15) is 37.2 Å². The number of nitrogens with zero attached hydrogens (tertiary/aromatic N) is 1. The second-order valence-electron chi connectivity index (χ2n) is 10.3. The van der Waals surface area contributed by atoms with Gasteiger partial charge in [0.05, 0.1) is 38.6 Å². The molecule has 7 nitrogen and oxygen atoms in total. The lowest BCUT2D eigenvalue weighted by Gasteiger charge is -2.13. The molecule has 0 saturated heterocycles. The number of ether oxygens (including phenoxy) is 4. The predicted octanol–water partition coefficient (Wildman–Crippen LogP) is 8.14. The molecule has 44 heavy (non-hydrogen) atoms. The van der Waals surface area contributed by atoms with Gasteiger partial charge in [-0.2, -0.15) is 4.98 Å². The molecule has 1 heterocycles. The van der Waals surface area contributed by atoms with Crippen LogP contribution in [0.15, 0.2) is 115 Å². The van der Waals surface area contributed by atoms with Gasteiger partial charge in [0.1, 0.15) is 11.5 Å². The fourth-order valence-electron chi connectivity index (χ4n) is 4.73. The molecule has 5 rings (SSSR count). The maximum absolute atomic E-state index is 8.97. The minimum absolute atomic E-state index is 0.0128. The van der Waals surface area contributed by atoms with Gasteiger partial charge in [-0.25, -0.2) is 0 Å². The topological polar surface area (TPSA) is 90.3 Å². The average Bonchev–Trinajstić information content (AvgIpc) is 3.07. The quantitative estimate of drug-likeness (QED) is 0.135. The highest BCUT2D eigenvalue weighted by Gasteiger charge is 2.09. The Morgan fingerprint density at radius 1 is 0.500 bits per heavy atom. The molecular formula is C37H37NO6. The molecule has 1 aromatic heterocycles. The summed E-state index contributed by atoms with van der Waals surface area (Å²) in [6.45, 7) is 4.62. The summed E-state index contributed by atoms with van der Waals surface area (Å²) in [5, 5.41) is 17.9. The van der Waals surface area contributed by atoms with E-state index in [0.29, 0.717) is 36.5 Å². The SMILES string of the molecule is CC(OCCO)c1ccc(-c2ccc(Oc3cccc(Oc4ccc(-c5ccc(C(C)OCCO)cc5)cc4)n3)cc2)cc1. The van der Waals surface area contributed by atoms with Crippen LogP contribution in [0, 0.1) is 0 Å². The monoisotopic (exact) mass is 591 g/mol. The van der Waals surface area contributed by atoms with Crippen LogP contribution in [0.25, 0.3) is 22.3 Å². The first-order valence-electron chi connectivity index (χ1n) is 14.7. The Labute approximate surface area is 258 Å². The molecule has 0 radical (unpaired) electrons.